The Labute approximate surface area is 151 Å². The van der Waals surface area contributed by atoms with Gasteiger partial charge in [0.2, 0.25) is 5.91 Å². The Bertz CT molecular complexity index is 895. The first-order chi connectivity index (χ1) is 11.6. The fourth-order valence-corrected chi connectivity index (χ4v) is 3.73. The van der Waals surface area contributed by atoms with Crippen LogP contribution in [-0.2, 0) is 11.2 Å². The fourth-order valence-electron chi connectivity index (χ4n) is 2.29. The van der Waals surface area contributed by atoms with Crippen LogP contribution in [0.5, 0.6) is 11.5 Å². The Morgan fingerprint density at radius 2 is 1.96 bits per heavy atom. The predicted octanol–water partition coefficient (Wildman–Crippen LogP) is 4.26. The summed E-state index contributed by atoms with van der Waals surface area (Å²) >= 11 is 4.88. The number of anilines is 1. The van der Waals surface area contributed by atoms with E-state index in [1.807, 2.05) is 24.3 Å². The van der Waals surface area contributed by atoms with Gasteiger partial charge < -0.3 is 14.8 Å². The summed E-state index contributed by atoms with van der Waals surface area (Å²) in [6.45, 7) is 0. The average molecular weight is 407 g/mol. The summed E-state index contributed by atoms with van der Waals surface area (Å²) in [5.41, 5.74) is 1.71. The molecule has 0 bridgehead atoms. The Balaban J connectivity index is 1.72. The summed E-state index contributed by atoms with van der Waals surface area (Å²) in [6, 6.07) is 11.3. The van der Waals surface area contributed by atoms with Crippen molar-refractivity contribution in [2.75, 3.05) is 19.5 Å². The second-order valence-corrected chi connectivity index (χ2v) is 6.99. The van der Waals surface area contributed by atoms with E-state index in [1.165, 1.54) is 11.3 Å². The van der Waals surface area contributed by atoms with Crippen molar-refractivity contribution in [1.29, 1.82) is 0 Å². The van der Waals surface area contributed by atoms with E-state index >= 15 is 0 Å². The number of halogens is 1. The normalized spacial score (nSPS) is 10.6. The topological polar surface area (TPSA) is 60.5 Å². The molecular formula is C17H15BrN2O3S. The number of nitrogens with one attached hydrogen (secondary N) is 1. The van der Waals surface area contributed by atoms with Gasteiger partial charge in [-0.05, 0) is 35.9 Å². The predicted molar refractivity (Wildman–Crippen MR) is 99.2 cm³/mol. The third kappa shape index (κ3) is 3.68. The largest absolute Gasteiger partial charge is 0.493 e. The molecule has 1 heterocycles. The number of methoxy groups -OCH3 is 2. The van der Waals surface area contributed by atoms with E-state index in [0.29, 0.717) is 16.6 Å². The SMILES string of the molecule is COc1ccc(CC(=O)Nc2nc3ccc(Br)cc3s2)cc1OC. The van der Waals surface area contributed by atoms with E-state index in [0.717, 1.165) is 20.3 Å². The number of benzene rings is 2. The third-order valence-corrected chi connectivity index (χ3v) is 4.84. The highest BCUT2D eigenvalue weighted by Gasteiger charge is 2.11. The van der Waals surface area contributed by atoms with Gasteiger partial charge in [-0.2, -0.15) is 0 Å². The maximum Gasteiger partial charge on any atom is 0.230 e. The maximum absolute atomic E-state index is 12.3. The molecule has 0 spiro atoms. The third-order valence-electron chi connectivity index (χ3n) is 3.41. The van der Waals surface area contributed by atoms with Crippen LogP contribution in [0.1, 0.15) is 5.56 Å². The number of fused-ring (bicyclic) bond motifs is 1. The number of thiazole rings is 1. The molecule has 7 heteroatoms. The molecule has 124 valence electrons. The van der Waals surface area contributed by atoms with Crippen molar-refractivity contribution in [2.24, 2.45) is 0 Å². The van der Waals surface area contributed by atoms with Crippen LogP contribution >= 0.6 is 27.3 Å². The van der Waals surface area contributed by atoms with Crippen molar-refractivity contribution in [3.05, 3.63) is 46.4 Å². The molecular weight excluding hydrogens is 392 g/mol. The molecule has 1 aromatic heterocycles. The van der Waals surface area contributed by atoms with Gasteiger partial charge in [0, 0.05) is 4.47 Å². The monoisotopic (exact) mass is 406 g/mol. The van der Waals surface area contributed by atoms with E-state index in [4.69, 9.17) is 9.47 Å². The summed E-state index contributed by atoms with van der Waals surface area (Å²) in [6.07, 6.45) is 0.236. The molecule has 24 heavy (non-hydrogen) atoms. The lowest BCUT2D eigenvalue weighted by molar-refractivity contribution is -0.115. The van der Waals surface area contributed by atoms with Crippen LogP contribution < -0.4 is 14.8 Å². The van der Waals surface area contributed by atoms with Crippen LogP contribution in [0.3, 0.4) is 0 Å². The van der Waals surface area contributed by atoms with E-state index in [2.05, 4.69) is 26.2 Å². The molecule has 5 nitrogen and oxygen atoms in total. The zero-order chi connectivity index (χ0) is 17.1. The van der Waals surface area contributed by atoms with Gasteiger partial charge in [0.15, 0.2) is 16.6 Å². The zero-order valence-corrected chi connectivity index (χ0v) is 15.5. The van der Waals surface area contributed by atoms with Crippen molar-refractivity contribution in [2.45, 2.75) is 6.42 Å². The molecule has 3 aromatic rings. The number of hydrogen-bond donors (Lipinski definition) is 1. The van der Waals surface area contributed by atoms with Crippen LogP contribution in [0, 0.1) is 0 Å². The molecule has 0 aliphatic heterocycles. The minimum absolute atomic E-state index is 0.125. The highest BCUT2D eigenvalue weighted by Crippen LogP contribution is 2.29. The highest BCUT2D eigenvalue weighted by molar-refractivity contribution is 9.10. The Morgan fingerprint density at radius 3 is 2.71 bits per heavy atom. The molecule has 0 aliphatic rings. The van der Waals surface area contributed by atoms with Crippen LogP contribution in [0.25, 0.3) is 10.2 Å². The van der Waals surface area contributed by atoms with E-state index < -0.39 is 0 Å². The number of amides is 1. The number of aromatic nitrogens is 1. The average Bonchev–Trinajstić information content (AvgIpc) is 2.95. The minimum Gasteiger partial charge on any atom is -0.493 e. The molecule has 0 radical (unpaired) electrons. The molecule has 0 saturated carbocycles. The number of carbonyl (C=O) groups excluding carboxylic acids is 1. The standard InChI is InChI=1S/C17H15BrN2O3S/c1-22-13-6-3-10(7-14(13)23-2)8-16(21)20-17-19-12-5-4-11(18)9-15(12)24-17/h3-7,9H,8H2,1-2H3,(H,19,20,21). The quantitative estimate of drug-likeness (QED) is 0.687. The molecule has 0 fully saturated rings. The first-order valence-corrected chi connectivity index (χ1v) is 8.77. The van der Waals surface area contributed by atoms with Gasteiger partial charge >= 0.3 is 0 Å². The molecule has 1 N–H and O–H groups in total. The second-order valence-electron chi connectivity index (χ2n) is 5.05. The molecule has 0 unspecified atom stereocenters. The summed E-state index contributed by atoms with van der Waals surface area (Å²) in [5.74, 6) is 1.12. The minimum atomic E-state index is -0.125. The summed E-state index contributed by atoms with van der Waals surface area (Å²) < 4.78 is 12.5. The van der Waals surface area contributed by atoms with Crippen LogP contribution in [0.15, 0.2) is 40.9 Å². The molecule has 0 aliphatic carbocycles. The summed E-state index contributed by atoms with van der Waals surface area (Å²) in [4.78, 5) is 16.7. The zero-order valence-electron chi connectivity index (χ0n) is 13.1. The Kier molecular flexibility index (Phi) is 5.01. The van der Waals surface area contributed by atoms with Crippen molar-refractivity contribution in [1.82, 2.24) is 4.98 Å². The van der Waals surface area contributed by atoms with Gasteiger partial charge in [0.1, 0.15) is 0 Å². The number of nitrogens with zero attached hydrogens (tertiary/aromatic N) is 1. The molecule has 2 aromatic carbocycles. The van der Waals surface area contributed by atoms with Gasteiger partial charge in [-0.15, -0.1) is 0 Å². The fraction of sp³-hybridized carbons (Fsp3) is 0.176. The van der Waals surface area contributed by atoms with Crippen molar-refractivity contribution in [3.8, 4) is 11.5 Å². The Hall–Kier alpha value is -2.12. The van der Waals surface area contributed by atoms with Crippen molar-refractivity contribution in [3.63, 3.8) is 0 Å². The molecule has 1 amide bonds. The van der Waals surface area contributed by atoms with Crippen molar-refractivity contribution >= 4 is 48.5 Å². The number of hydrogen-bond acceptors (Lipinski definition) is 5. The first kappa shape index (κ1) is 16.7. The summed E-state index contributed by atoms with van der Waals surface area (Å²) in [7, 11) is 3.15. The van der Waals surface area contributed by atoms with Gasteiger partial charge in [-0.3, -0.25) is 4.79 Å². The summed E-state index contributed by atoms with van der Waals surface area (Å²) in [5, 5.41) is 3.44. The van der Waals surface area contributed by atoms with E-state index in [1.54, 1.807) is 26.4 Å². The number of rotatable bonds is 5. The van der Waals surface area contributed by atoms with Gasteiger partial charge in [0.25, 0.3) is 0 Å². The van der Waals surface area contributed by atoms with Crippen LogP contribution in [0.4, 0.5) is 5.13 Å². The highest BCUT2D eigenvalue weighted by atomic mass is 79.9. The number of ether oxygens (including phenoxy) is 2. The molecule has 3 rings (SSSR count). The van der Waals surface area contributed by atoms with E-state index in [-0.39, 0.29) is 12.3 Å². The van der Waals surface area contributed by atoms with Crippen LogP contribution in [0.2, 0.25) is 0 Å². The molecule has 0 atom stereocenters. The Morgan fingerprint density at radius 1 is 1.17 bits per heavy atom. The van der Waals surface area contributed by atoms with Gasteiger partial charge in [-0.25, -0.2) is 4.98 Å². The lowest BCUT2D eigenvalue weighted by Crippen LogP contribution is -2.14. The lowest BCUT2D eigenvalue weighted by Gasteiger charge is -2.09. The lowest BCUT2D eigenvalue weighted by atomic mass is 10.1. The maximum atomic E-state index is 12.3. The van der Waals surface area contributed by atoms with Gasteiger partial charge in [0.05, 0.1) is 30.9 Å². The smallest absolute Gasteiger partial charge is 0.230 e. The number of carbonyl (C=O) groups is 1. The molecule has 0 saturated heterocycles. The van der Waals surface area contributed by atoms with Crippen molar-refractivity contribution < 1.29 is 14.3 Å². The first-order valence-electron chi connectivity index (χ1n) is 7.16. The van der Waals surface area contributed by atoms with E-state index in [9.17, 15) is 4.79 Å². The van der Waals surface area contributed by atoms with Crippen LogP contribution in [-0.4, -0.2) is 25.1 Å². The second kappa shape index (κ2) is 7.19. The van der Waals surface area contributed by atoms with Gasteiger partial charge in [-0.1, -0.05) is 33.3 Å².